The van der Waals surface area contributed by atoms with E-state index in [0.29, 0.717) is 6.54 Å². The van der Waals surface area contributed by atoms with Gasteiger partial charge in [-0.05, 0) is 54.0 Å². The van der Waals surface area contributed by atoms with Crippen LogP contribution in [0.25, 0.3) is 10.8 Å². The minimum absolute atomic E-state index is 0.200. The van der Waals surface area contributed by atoms with E-state index in [1.165, 1.54) is 23.4 Å². The van der Waals surface area contributed by atoms with E-state index in [1.54, 1.807) is 12.1 Å². The lowest BCUT2D eigenvalue weighted by molar-refractivity contribution is -0.274. The molecule has 0 spiro atoms. The monoisotopic (exact) mass is 496 g/mol. The van der Waals surface area contributed by atoms with Crippen LogP contribution in [0.3, 0.4) is 0 Å². The Morgan fingerprint density at radius 1 is 0.917 bits per heavy atom. The van der Waals surface area contributed by atoms with Crippen LogP contribution in [-0.4, -0.2) is 43.2 Å². The van der Waals surface area contributed by atoms with Crippen LogP contribution in [0.2, 0.25) is 0 Å². The SMILES string of the molecule is CCC1(CC)C(=O)c2cccc3c(N4CCCN(Cc5ccc(OC(F)(F)F)cc5)CC4)ccc1c23. The largest absolute Gasteiger partial charge is 0.573 e. The second-order valence-corrected chi connectivity index (χ2v) is 9.79. The van der Waals surface area contributed by atoms with Gasteiger partial charge in [-0.15, -0.1) is 13.2 Å². The van der Waals surface area contributed by atoms with Gasteiger partial charge in [0.05, 0.1) is 5.41 Å². The molecule has 0 saturated carbocycles. The highest BCUT2D eigenvalue weighted by Gasteiger charge is 2.45. The molecule has 1 heterocycles. The van der Waals surface area contributed by atoms with Gasteiger partial charge in [0.25, 0.3) is 0 Å². The summed E-state index contributed by atoms with van der Waals surface area (Å²) in [6.07, 6.45) is -2.11. The molecule has 5 rings (SSSR count). The minimum atomic E-state index is -4.68. The Balaban J connectivity index is 1.34. The Hall–Kier alpha value is -3.06. The zero-order valence-electron chi connectivity index (χ0n) is 20.7. The highest BCUT2D eigenvalue weighted by atomic mass is 19.4. The van der Waals surface area contributed by atoms with Gasteiger partial charge in [0.15, 0.2) is 5.78 Å². The molecular formula is C29H31F3N2O2. The number of benzene rings is 3. The van der Waals surface area contributed by atoms with E-state index in [-0.39, 0.29) is 11.5 Å². The molecule has 0 amide bonds. The van der Waals surface area contributed by atoms with Gasteiger partial charge in [0.1, 0.15) is 5.75 Å². The van der Waals surface area contributed by atoms with Crippen LogP contribution in [0.4, 0.5) is 18.9 Å². The number of Topliss-reactive ketones (excluding diaryl/α,β-unsaturated/α-hetero) is 1. The van der Waals surface area contributed by atoms with Crippen molar-refractivity contribution in [3.05, 3.63) is 71.3 Å². The van der Waals surface area contributed by atoms with E-state index < -0.39 is 11.8 Å². The lowest BCUT2D eigenvalue weighted by Gasteiger charge is -2.28. The average molecular weight is 497 g/mol. The van der Waals surface area contributed by atoms with Gasteiger partial charge in [0, 0.05) is 49.4 Å². The predicted molar refractivity (Wildman–Crippen MR) is 136 cm³/mol. The van der Waals surface area contributed by atoms with E-state index in [2.05, 4.69) is 46.6 Å². The van der Waals surface area contributed by atoms with Crippen molar-refractivity contribution >= 4 is 22.2 Å². The second kappa shape index (κ2) is 9.43. The predicted octanol–water partition coefficient (Wildman–Crippen LogP) is 6.70. The topological polar surface area (TPSA) is 32.8 Å². The van der Waals surface area contributed by atoms with E-state index in [9.17, 15) is 18.0 Å². The fraction of sp³-hybridized carbons (Fsp3) is 0.414. The van der Waals surface area contributed by atoms with E-state index >= 15 is 0 Å². The standard InChI is InChI=1S/C29H31F3N2O2/c1-3-28(4-2)24-13-14-25(22-7-5-8-23(26(22)24)27(28)35)34-16-6-15-33(17-18-34)19-20-9-11-21(12-10-20)36-29(30,31)32/h5,7-14H,3-4,6,15-19H2,1-2H3. The van der Waals surface area contributed by atoms with Gasteiger partial charge in [-0.25, -0.2) is 0 Å². The third-order valence-electron chi connectivity index (χ3n) is 7.91. The van der Waals surface area contributed by atoms with Crippen molar-refractivity contribution in [2.24, 2.45) is 0 Å². The average Bonchev–Trinajstić information content (AvgIpc) is 2.98. The van der Waals surface area contributed by atoms with Gasteiger partial charge < -0.3 is 9.64 Å². The van der Waals surface area contributed by atoms with Gasteiger partial charge >= 0.3 is 6.36 Å². The van der Waals surface area contributed by atoms with Crippen LogP contribution in [-0.2, 0) is 12.0 Å². The molecule has 2 aliphatic rings. The van der Waals surface area contributed by atoms with E-state index in [4.69, 9.17) is 0 Å². The van der Waals surface area contributed by atoms with Gasteiger partial charge in [-0.1, -0.05) is 50.2 Å². The Labute approximate surface area is 209 Å². The van der Waals surface area contributed by atoms with Crippen LogP contribution in [0, 0.1) is 0 Å². The molecule has 1 aliphatic carbocycles. The number of alkyl halides is 3. The maximum absolute atomic E-state index is 13.4. The third kappa shape index (κ3) is 4.34. The van der Waals surface area contributed by atoms with Crippen molar-refractivity contribution < 1.29 is 22.7 Å². The molecule has 1 saturated heterocycles. The minimum Gasteiger partial charge on any atom is -0.406 e. The fourth-order valence-corrected chi connectivity index (χ4v) is 6.01. The molecule has 0 atom stereocenters. The number of nitrogens with zero attached hydrogens (tertiary/aromatic N) is 2. The summed E-state index contributed by atoms with van der Waals surface area (Å²) in [4.78, 5) is 18.2. The summed E-state index contributed by atoms with van der Waals surface area (Å²) >= 11 is 0. The first-order valence-electron chi connectivity index (χ1n) is 12.7. The molecule has 36 heavy (non-hydrogen) atoms. The lowest BCUT2D eigenvalue weighted by Crippen LogP contribution is -2.31. The number of hydrogen-bond acceptors (Lipinski definition) is 4. The summed E-state index contributed by atoms with van der Waals surface area (Å²) in [6.45, 7) is 8.39. The lowest BCUT2D eigenvalue weighted by atomic mass is 9.75. The van der Waals surface area contributed by atoms with E-state index in [0.717, 1.165) is 67.3 Å². The van der Waals surface area contributed by atoms with Crippen molar-refractivity contribution in [1.82, 2.24) is 4.90 Å². The fourth-order valence-electron chi connectivity index (χ4n) is 6.01. The van der Waals surface area contributed by atoms with Gasteiger partial charge in [-0.2, -0.15) is 0 Å². The molecule has 4 nitrogen and oxygen atoms in total. The molecule has 0 radical (unpaired) electrons. The van der Waals surface area contributed by atoms with Crippen molar-refractivity contribution in [2.75, 3.05) is 31.1 Å². The molecule has 1 aliphatic heterocycles. The molecule has 1 fully saturated rings. The number of rotatable bonds is 6. The molecular weight excluding hydrogens is 465 g/mol. The third-order valence-corrected chi connectivity index (χ3v) is 7.91. The van der Waals surface area contributed by atoms with Crippen molar-refractivity contribution in [1.29, 1.82) is 0 Å². The first-order valence-corrected chi connectivity index (χ1v) is 12.7. The zero-order chi connectivity index (χ0) is 25.5. The Bertz CT molecular complexity index is 1270. The smallest absolute Gasteiger partial charge is 0.406 e. The van der Waals surface area contributed by atoms with Crippen molar-refractivity contribution in [2.45, 2.75) is 51.4 Å². The summed E-state index contributed by atoms with van der Waals surface area (Å²) < 4.78 is 41.2. The Morgan fingerprint density at radius 2 is 1.67 bits per heavy atom. The molecule has 3 aromatic carbocycles. The van der Waals surface area contributed by atoms with Crippen LogP contribution < -0.4 is 9.64 Å². The van der Waals surface area contributed by atoms with E-state index in [1.807, 2.05) is 12.1 Å². The quantitative estimate of drug-likeness (QED) is 0.380. The highest BCUT2D eigenvalue weighted by Crippen LogP contribution is 2.48. The van der Waals surface area contributed by atoms with Crippen LogP contribution in [0.1, 0.15) is 54.6 Å². The number of anilines is 1. The number of carbonyl (C=O) groups excluding carboxylic acids is 1. The van der Waals surface area contributed by atoms with Crippen LogP contribution in [0.15, 0.2) is 54.6 Å². The molecule has 0 aromatic heterocycles. The second-order valence-electron chi connectivity index (χ2n) is 9.79. The van der Waals surface area contributed by atoms with Crippen LogP contribution >= 0.6 is 0 Å². The molecule has 3 aromatic rings. The summed E-state index contributed by atoms with van der Waals surface area (Å²) in [6, 6.07) is 16.6. The van der Waals surface area contributed by atoms with Crippen molar-refractivity contribution in [3.8, 4) is 5.75 Å². The van der Waals surface area contributed by atoms with Gasteiger partial charge in [-0.3, -0.25) is 9.69 Å². The van der Waals surface area contributed by atoms with Crippen LogP contribution in [0.5, 0.6) is 5.75 Å². The molecule has 0 N–H and O–H groups in total. The number of ketones is 1. The first kappa shape index (κ1) is 24.6. The Kier molecular flexibility index (Phi) is 6.45. The molecule has 190 valence electrons. The van der Waals surface area contributed by atoms with Gasteiger partial charge in [0.2, 0.25) is 0 Å². The number of ether oxygens (including phenoxy) is 1. The summed E-state index contributed by atoms with van der Waals surface area (Å²) in [5, 5.41) is 2.27. The number of carbonyl (C=O) groups is 1. The molecule has 7 heteroatoms. The molecule has 0 unspecified atom stereocenters. The summed E-state index contributed by atoms with van der Waals surface area (Å²) in [7, 11) is 0. The highest BCUT2D eigenvalue weighted by molar-refractivity contribution is 6.22. The van der Waals surface area contributed by atoms with Crippen molar-refractivity contribution in [3.63, 3.8) is 0 Å². The Morgan fingerprint density at radius 3 is 2.36 bits per heavy atom. The maximum Gasteiger partial charge on any atom is 0.573 e. The normalized spacial score (nSPS) is 18.0. The maximum atomic E-state index is 13.4. The first-order chi connectivity index (χ1) is 17.3. The zero-order valence-corrected chi connectivity index (χ0v) is 20.7. The number of hydrogen-bond donors (Lipinski definition) is 0. The summed E-state index contributed by atoms with van der Waals surface area (Å²) in [5.41, 5.74) is 3.72. The molecule has 0 bridgehead atoms. The number of halogens is 3. The summed E-state index contributed by atoms with van der Waals surface area (Å²) in [5.74, 6) is 0.0490.